The molecule has 10 rings (SSSR count). The molecule has 356 valence electrons. The van der Waals surface area contributed by atoms with Gasteiger partial charge in [0.05, 0.1) is 11.4 Å². The maximum atomic E-state index is 14.7. The average molecular weight is 989 g/mol. The Morgan fingerprint density at radius 2 is 1.01 bits per heavy atom. The number of nitrogens with zero attached hydrogens (tertiary/aromatic N) is 6. The largest absolute Gasteiger partial charge is 0.349 e. The van der Waals surface area contributed by atoms with E-state index in [1.54, 1.807) is 49.6 Å². The summed E-state index contributed by atoms with van der Waals surface area (Å²) in [6, 6.07) is 22.3. The lowest BCUT2D eigenvalue weighted by Crippen LogP contribution is -2.25. The van der Waals surface area contributed by atoms with Crippen molar-refractivity contribution >= 4 is 55.5 Å². The number of amides is 2. The van der Waals surface area contributed by atoms with Crippen LogP contribution < -0.4 is 21.8 Å². The first-order valence-corrected chi connectivity index (χ1v) is 24.9. The van der Waals surface area contributed by atoms with Gasteiger partial charge < -0.3 is 10.6 Å². The quantitative estimate of drug-likeness (QED) is 0.0769. The van der Waals surface area contributed by atoms with Crippen LogP contribution >= 0.6 is 11.8 Å². The molecule has 4 heterocycles. The summed E-state index contributed by atoms with van der Waals surface area (Å²) in [6.45, 7) is 3.63. The topological polar surface area (TPSA) is 188 Å². The van der Waals surface area contributed by atoms with E-state index in [1.807, 2.05) is 13.0 Å². The highest BCUT2D eigenvalue weighted by atomic mass is 32.2. The van der Waals surface area contributed by atoms with Gasteiger partial charge in [0.25, 0.3) is 22.9 Å². The molecule has 8 aromatic rings. The average Bonchev–Trinajstić information content (AvgIpc) is 4.28. The van der Waals surface area contributed by atoms with E-state index in [4.69, 9.17) is 0 Å². The molecule has 2 amide bonds. The molecule has 2 fully saturated rings. The normalized spacial score (nSPS) is 13.5. The first-order chi connectivity index (χ1) is 33.4. The Balaban J connectivity index is 0.000000174. The van der Waals surface area contributed by atoms with Crippen molar-refractivity contribution in [3.63, 3.8) is 0 Å². The Morgan fingerprint density at radius 1 is 0.600 bits per heavy atom. The van der Waals surface area contributed by atoms with Crippen LogP contribution in [0.4, 0.5) is 17.6 Å². The van der Waals surface area contributed by atoms with Crippen LogP contribution in [-0.2, 0) is 9.84 Å². The van der Waals surface area contributed by atoms with Crippen LogP contribution in [0.3, 0.4) is 0 Å². The van der Waals surface area contributed by atoms with Crippen molar-refractivity contribution in [2.24, 2.45) is 0 Å². The van der Waals surface area contributed by atoms with Crippen molar-refractivity contribution in [1.29, 1.82) is 0 Å². The SMILES string of the molecule is CSc1nc(-c2cc(C(=O)NC3CC3)ccc2C)c2ccc(=O)n(-c3c(F)cccc3F)c2n1.Cc1ccc(C(=O)NC2CC2)cc1-c1nc(S(C)(=O)=O)nc2c1ccc(=O)n2-c1c(F)cccc1F. The number of aryl methyl sites for hydroxylation is 2. The van der Waals surface area contributed by atoms with E-state index in [9.17, 15) is 45.2 Å². The van der Waals surface area contributed by atoms with Crippen molar-refractivity contribution < 1.29 is 35.6 Å². The van der Waals surface area contributed by atoms with Crippen LogP contribution in [0, 0.1) is 37.1 Å². The molecule has 2 saturated carbocycles. The number of benzene rings is 4. The molecular weight excluding hydrogens is 949 g/mol. The molecule has 20 heteroatoms. The highest BCUT2D eigenvalue weighted by Crippen LogP contribution is 2.34. The number of sulfone groups is 1. The first kappa shape index (κ1) is 47.5. The number of halogens is 4. The second-order valence-electron chi connectivity index (χ2n) is 16.9. The fourth-order valence-electron chi connectivity index (χ4n) is 7.72. The Morgan fingerprint density at radius 3 is 1.41 bits per heavy atom. The number of thioether (sulfide) groups is 1. The third-order valence-electron chi connectivity index (χ3n) is 11.6. The van der Waals surface area contributed by atoms with Crippen LogP contribution in [0.5, 0.6) is 0 Å². The van der Waals surface area contributed by atoms with Crippen molar-refractivity contribution in [2.75, 3.05) is 12.5 Å². The molecule has 2 aliphatic carbocycles. The van der Waals surface area contributed by atoms with Crippen LogP contribution in [0.1, 0.15) is 57.5 Å². The fraction of sp³-hybridized carbons (Fsp3) is 0.200. The van der Waals surface area contributed by atoms with E-state index in [1.165, 1.54) is 30.0 Å². The summed E-state index contributed by atoms with van der Waals surface area (Å²) in [5.41, 5.74) is 1.16. The third kappa shape index (κ3) is 9.43. The van der Waals surface area contributed by atoms with Crippen LogP contribution in [-0.4, -0.2) is 73.9 Å². The minimum absolute atomic E-state index is 0.0816. The maximum absolute atomic E-state index is 14.7. The van der Waals surface area contributed by atoms with Gasteiger partial charge >= 0.3 is 0 Å². The number of hydrogen-bond donors (Lipinski definition) is 2. The summed E-state index contributed by atoms with van der Waals surface area (Å²) in [4.78, 5) is 68.4. The zero-order valence-corrected chi connectivity index (χ0v) is 39.3. The molecule has 4 aromatic heterocycles. The number of pyridine rings is 2. The van der Waals surface area contributed by atoms with Gasteiger partial charge in [0, 0.05) is 63.5 Å². The summed E-state index contributed by atoms with van der Waals surface area (Å²) >= 11 is 1.24. The summed E-state index contributed by atoms with van der Waals surface area (Å²) < 4.78 is 85.4. The van der Waals surface area contributed by atoms with Gasteiger partial charge in [0.2, 0.25) is 15.0 Å². The summed E-state index contributed by atoms with van der Waals surface area (Å²) in [7, 11) is -4.01. The Kier molecular flexibility index (Phi) is 12.7. The molecule has 2 aliphatic rings. The highest BCUT2D eigenvalue weighted by molar-refractivity contribution is 7.98. The summed E-state index contributed by atoms with van der Waals surface area (Å²) in [5.74, 6) is -4.27. The maximum Gasteiger partial charge on any atom is 0.256 e. The number of fused-ring (bicyclic) bond motifs is 2. The second-order valence-corrected chi connectivity index (χ2v) is 19.6. The van der Waals surface area contributed by atoms with Gasteiger partial charge in [-0.2, -0.15) is 4.98 Å². The Hall–Kier alpha value is -7.58. The summed E-state index contributed by atoms with van der Waals surface area (Å²) in [6.07, 6.45) is 6.42. The minimum Gasteiger partial charge on any atom is -0.349 e. The molecule has 0 saturated heterocycles. The van der Waals surface area contributed by atoms with Crippen LogP contribution in [0.15, 0.2) is 117 Å². The predicted molar refractivity (Wildman–Crippen MR) is 256 cm³/mol. The molecule has 2 N–H and O–H groups in total. The molecule has 0 spiro atoms. The standard InChI is InChI=1S/C25H20F2N4O4S.C25H20F2N4O2S/c1-13-6-7-14(24(33)28-15-8-9-15)12-17(13)21-16-10-11-20(32)31(22-18(26)4-3-5-19(22)27)23(16)30-25(29-21)36(2,34)35;1-13-6-7-14(24(33)28-15-8-9-15)12-17(13)21-16-10-11-20(32)31(23(16)30-25(29-21)34-2)22-18(26)4-3-5-19(22)27/h3-7,10-12,15H,8-9H2,1-2H3,(H,28,33);3-7,10-12,15H,8-9H2,1-2H3,(H,28,33). The lowest BCUT2D eigenvalue weighted by Gasteiger charge is -2.16. The van der Waals surface area contributed by atoms with Gasteiger partial charge in [-0.15, -0.1) is 0 Å². The first-order valence-electron chi connectivity index (χ1n) is 21.8. The van der Waals surface area contributed by atoms with E-state index in [0.29, 0.717) is 48.6 Å². The van der Waals surface area contributed by atoms with Gasteiger partial charge in [-0.3, -0.25) is 28.3 Å². The number of aromatic nitrogens is 6. The highest BCUT2D eigenvalue weighted by Gasteiger charge is 2.28. The monoisotopic (exact) mass is 988 g/mol. The van der Waals surface area contributed by atoms with Crippen molar-refractivity contribution in [3.8, 4) is 33.9 Å². The Bertz CT molecular complexity index is 3690. The zero-order valence-electron chi connectivity index (χ0n) is 37.7. The predicted octanol–water partition coefficient (Wildman–Crippen LogP) is 7.98. The molecule has 4 aromatic carbocycles. The van der Waals surface area contributed by atoms with E-state index in [2.05, 4.69) is 30.6 Å². The lowest BCUT2D eigenvalue weighted by molar-refractivity contribution is 0.0942. The van der Waals surface area contributed by atoms with Gasteiger partial charge in [-0.05, 0) is 118 Å². The molecule has 70 heavy (non-hydrogen) atoms. The van der Waals surface area contributed by atoms with Crippen molar-refractivity contribution in [1.82, 2.24) is 39.7 Å². The van der Waals surface area contributed by atoms with E-state index >= 15 is 0 Å². The fourth-order valence-corrected chi connectivity index (χ4v) is 8.59. The van der Waals surface area contributed by atoms with E-state index in [0.717, 1.165) is 78.5 Å². The smallest absolute Gasteiger partial charge is 0.256 e. The number of para-hydroxylation sites is 2. The Labute approximate surface area is 400 Å². The summed E-state index contributed by atoms with van der Waals surface area (Å²) in [5, 5.41) is 6.17. The molecule has 0 aliphatic heterocycles. The van der Waals surface area contributed by atoms with Gasteiger partial charge in [0.15, 0.2) is 16.5 Å². The molecule has 0 radical (unpaired) electrons. The molecule has 14 nitrogen and oxygen atoms in total. The minimum atomic E-state index is -4.01. The zero-order chi connectivity index (χ0) is 49.8. The number of nitrogens with one attached hydrogen (secondary N) is 2. The van der Waals surface area contributed by atoms with Crippen molar-refractivity contribution in [3.05, 3.63) is 163 Å². The van der Waals surface area contributed by atoms with Gasteiger partial charge in [0.1, 0.15) is 34.6 Å². The number of carbonyl (C=O) groups is 2. The van der Waals surface area contributed by atoms with Crippen molar-refractivity contribution in [2.45, 2.75) is 61.9 Å². The molecular formula is C50H40F4N8O6S2. The molecule has 0 bridgehead atoms. The third-order valence-corrected chi connectivity index (χ3v) is 13.0. The van der Waals surface area contributed by atoms with Gasteiger partial charge in [-0.1, -0.05) is 36.0 Å². The van der Waals surface area contributed by atoms with Crippen LogP contribution in [0.2, 0.25) is 0 Å². The van der Waals surface area contributed by atoms with Crippen LogP contribution in [0.25, 0.3) is 56.0 Å². The van der Waals surface area contributed by atoms with E-state index in [-0.39, 0.29) is 46.3 Å². The molecule has 0 atom stereocenters. The number of hydrogen-bond acceptors (Lipinski definition) is 11. The van der Waals surface area contributed by atoms with Gasteiger partial charge in [-0.25, -0.2) is 40.9 Å². The number of carbonyl (C=O) groups excluding carboxylic acids is 2. The number of rotatable bonds is 10. The second kappa shape index (κ2) is 18.7. The van der Waals surface area contributed by atoms with E-state index < -0.39 is 60.8 Å². The lowest BCUT2D eigenvalue weighted by atomic mass is 9.99. The molecule has 0 unspecified atom stereocenters.